The van der Waals surface area contributed by atoms with Gasteiger partial charge in [-0.3, -0.25) is 9.59 Å². The van der Waals surface area contributed by atoms with Crippen LogP contribution in [0, 0.1) is 17.6 Å². The summed E-state index contributed by atoms with van der Waals surface area (Å²) in [7, 11) is -3.53. The summed E-state index contributed by atoms with van der Waals surface area (Å²) >= 11 is 5.61. The number of rotatable bonds is 7. The Balaban J connectivity index is 1.59. The van der Waals surface area contributed by atoms with E-state index in [0.29, 0.717) is 6.42 Å². The summed E-state index contributed by atoms with van der Waals surface area (Å²) in [6, 6.07) is 4.93. The molecule has 1 aliphatic carbocycles. The average molecular weight is 527 g/mol. The molecule has 0 aromatic heterocycles. The van der Waals surface area contributed by atoms with Crippen molar-refractivity contribution in [1.29, 1.82) is 0 Å². The minimum atomic E-state index is -3.53. The molecule has 35 heavy (non-hydrogen) atoms. The number of amides is 2. The molecule has 1 aliphatic heterocycles. The lowest BCUT2D eigenvalue weighted by molar-refractivity contribution is -0.127. The van der Waals surface area contributed by atoms with Crippen LogP contribution < -0.4 is 5.32 Å². The number of fused-ring (bicyclic) bond motifs is 1. The van der Waals surface area contributed by atoms with E-state index in [1.165, 1.54) is 43.0 Å². The summed E-state index contributed by atoms with van der Waals surface area (Å²) in [6.07, 6.45) is -0.177. The Morgan fingerprint density at radius 2 is 1.91 bits per heavy atom. The number of hydrogen-bond donors (Lipinski definition) is 2. The van der Waals surface area contributed by atoms with Gasteiger partial charge >= 0.3 is 0 Å². The van der Waals surface area contributed by atoms with Crippen LogP contribution in [0.25, 0.3) is 0 Å². The van der Waals surface area contributed by atoms with Crippen LogP contribution in [0.2, 0.25) is 5.02 Å². The highest BCUT2D eigenvalue weighted by Crippen LogP contribution is 2.48. The van der Waals surface area contributed by atoms with Crippen LogP contribution in [0.1, 0.15) is 48.7 Å². The SMILES string of the molecule is CCS(=O)(=O)c1cccc(C(=O)N2[C@@H](C(=O)N[C@@H](c3cc(F)c(Cl)cc3F)[C@H](C)O)C[C@H]3C[C@H]32)c1. The number of aliphatic hydroxyl groups is 1. The quantitative estimate of drug-likeness (QED) is 0.539. The van der Waals surface area contributed by atoms with Crippen molar-refractivity contribution in [2.75, 3.05) is 5.75 Å². The van der Waals surface area contributed by atoms with Gasteiger partial charge in [0.05, 0.1) is 27.8 Å². The Morgan fingerprint density at radius 3 is 2.57 bits per heavy atom. The molecule has 1 saturated carbocycles. The molecule has 2 aliphatic rings. The molecule has 1 saturated heterocycles. The number of benzene rings is 2. The summed E-state index contributed by atoms with van der Waals surface area (Å²) in [5.41, 5.74) is -0.128. The van der Waals surface area contributed by atoms with E-state index < -0.39 is 56.5 Å². The van der Waals surface area contributed by atoms with Gasteiger partial charge in [-0.2, -0.15) is 0 Å². The highest BCUT2D eigenvalue weighted by Gasteiger charge is 2.56. The van der Waals surface area contributed by atoms with Crippen molar-refractivity contribution in [3.63, 3.8) is 0 Å². The van der Waals surface area contributed by atoms with Gasteiger partial charge < -0.3 is 15.3 Å². The number of carbonyl (C=O) groups excluding carboxylic acids is 2. The van der Waals surface area contributed by atoms with Crippen molar-refractivity contribution in [1.82, 2.24) is 10.2 Å². The molecule has 2 aromatic rings. The molecule has 0 spiro atoms. The molecule has 11 heteroatoms. The number of aliphatic hydroxyl groups excluding tert-OH is 1. The number of sulfone groups is 1. The van der Waals surface area contributed by atoms with Gasteiger partial charge in [0.15, 0.2) is 9.84 Å². The molecule has 0 radical (unpaired) electrons. The number of nitrogens with one attached hydrogen (secondary N) is 1. The Labute approximate surface area is 207 Å². The molecule has 1 heterocycles. The van der Waals surface area contributed by atoms with E-state index in [2.05, 4.69) is 5.32 Å². The molecule has 2 amide bonds. The molecule has 0 bridgehead atoms. The third-order valence-electron chi connectivity index (χ3n) is 6.62. The van der Waals surface area contributed by atoms with Crippen molar-refractivity contribution in [2.24, 2.45) is 5.92 Å². The first-order valence-electron chi connectivity index (χ1n) is 11.2. The van der Waals surface area contributed by atoms with Crippen LogP contribution in [-0.4, -0.2) is 54.2 Å². The van der Waals surface area contributed by atoms with Gasteiger partial charge in [-0.25, -0.2) is 17.2 Å². The number of halogens is 3. The maximum absolute atomic E-state index is 14.5. The van der Waals surface area contributed by atoms with E-state index >= 15 is 0 Å². The van der Waals surface area contributed by atoms with Crippen LogP contribution in [0.5, 0.6) is 0 Å². The highest BCUT2D eigenvalue weighted by atomic mass is 35.5. The second kappa shape index (κ2) is 9.48. The van der Waals surface area contributed by atoms with Crippen molar-refractivity contribution >= 4 is 33.3 Å². The Kier molecular flexibility index (Phi) is 6.91. The van der Waals surface area contributed by atoms with E-state index in [9.17, 15) is 31.9 Å². The van der Waals surface area contributed by atoms with Crippen molar-refractivity contribution in [2.45, 2.75) is 55.8 Å². The number of nitrogens with zero attached hydrogens (tertiary/aromatic N) is 1. The fraction of sp³-hybridized carbons (Fsp3) is 0.417. The van der Waals surface area contributed by atoms with Gasteiger partial charge in [0.25, 0.3) is 5.91 Å². The molecule has 2 fully saturated rings. The number of carbonyl (C=O) groups is 2. The minimum absolute atomic E-state index is 0.0211. The molecular weight excluding hydrogens is 502 g/mol. The standard InChI is InChI=1S/C24H25ClF2N2O5S/c1-3-35(33,34)15-6-4-5-13(7-15)24(32)29-20-8-14(20)9-21(29)23(31)28-22(12(2)30)16-10-19(27)17(25)11-18(16)26/h4-7,10-12,14,20-22,30H,3,8-9H2,1-2H3,(H,28,31)/t12-,14+,20+,21+,22+/m0/s1. The molecule has 0 unspecified atom stereocenters. The summed E-state index contributed by atoms with van der Waals surface area (Å²) in [4.78, 5) is 28.0. The number of likely N-dealkylation sites (tertiary alicyclic amines) is 1. The molecule has 188 valence electrons. The van der Waals surface area contributed by atoms with E-state index in [0.717, 1.165) is 18.6 Å². The second-order valence-corrected chi connectivity index (χ2v) is 11.7. The Hall–Kier alpha value is -2.56. The zero-order valence-electron chi connectivity index (χ0n) is 19.0. The summed E-state index contributed by atoms with van der Waals surface area (Å²) in [5, 5.41) is 12.3. The van der Waals surface area contributed by atoms with Crippen LogP contribution in [-0.2, 0) is 14.6 Å². The second-order valence-electron chi connectivity index (χ2n) is 8.97. The van der Waals surface area contributed by atoms with Crippen LogP contribution in [0.4, 0.5) is 8.78 Å². The fourth-order valence-electron chi connectivity index (χ4n) is 4.60. The van der Waals surface area contributed by atoms with Crippen LogP contribution in [0.15, 0.2) is 41.3 Å². The predicted molar refractivity (Wildman–Crippen MR) is 125 cm³/mol. The van der Waals surface area contributed by atoms with Crippen LogP contribution in [0.3, 0.4) is 0 Å². The van der Waals surface area contributed by atoms with E-state index in [-0.39, 0.29) is 33.7 Å². The van der Waals surface area contributed by atoms with Gasteiger partial charge in [-0.15, -0.1) is 0 Å². The zero-order chi connectivity index (χ0) is 25.7. The topological polar surface area (TPSA) is 104 Å². The normalized spacial score (nSPS) is 22.9. The zero-order valence-corrected chi connectivity index (χ0v) is 20.6. The summed E-state index contributed by atoms with van der Waals surface area (Å²) < 4.78 is 53.0. The molecule has 7 nitrogen and oxygen atoms in total. The predicted octanol–water partition coefficient (Wildman–Crippen LogP) is 3.25. The first-order valence-corrected chi connectivity index (χ1v) is 13.3. The molecule has 4 rings (SSSR count). The molecule has 2 N–H and O–H groups in total. The molecule has 2 aromatic carbocycles. The smallest absolute Gasteiger partial charge is 0.254 e. The largest absolute Gasteiger partial charge is 0.391 e. The van der Waals surface area contributed by atoms with Gasteiger partial charge in [-0.1, -0.05) is 24.6 Å². The third-order valence-corrected chi connectivity index (χ3v) is 8.64. The lowest BCUT2D eigenvalue weighted by Crippen LogP contribution is -2.50. The first-order chi connectivity index (χ1) is 16.4. The maximum atomic E-state index is 14.5. The molecule has 5 atom stereocenters. The van der Waals surface area contributed by atoms with Crippen molar-refractivity contribution < 1.29 is 31.9 Å². The number of piperidine rings is 1. The lowest BCUT2D eigenvalue weighted by atomic mass is 10.00. The first kappa shape index (κ1) is 25.5. The minimum Gasteiger partial charge on any atom is -0.391 e. The summed E-state index contributed by atoms with van der Waals surface area (Å²) in [6.45, 7) is 2.83. The maximum Gasteiger partial charge on any atom is 0.254 e. The third kappa shape index (κ3) is 4.92. The molecular formula is C24H25ClF2N2O5S. The van der Waals surface area contributed by atoms with Gasteiger partial charge in [0, 0.05) is 17.2 Å². The van der Waals surface area contributed by atoms with Gasteiger partial charge in [-0.05, 0) is 56.0 Å². The summed E-state index contributed by atoms with van der Waals surface area (Å²) in [5.74, 6) is -2.90. The number of hydrogen-bond acceptors (Lipinski definition) is 5. The average Bonchev–Trinajstić information content (AvgIpc) is 3.48. The van der Waals surface area contributed by atoms with Gasteiger partial charge in [0.1, 0.15) is 17.7 Å². The van der Waals surface area contributed by atoms with Crippen molar-refractivity contribution in [3.8, 4) is 0 Å². The van der Waals surface area contributed by atoms with E-state index in [1.807, 2.05) is 0 Å². The van der Waals surface area contributed by atoms with Crippen LogP contribution >= 0.6 is 11.6 Å². The van der Waals surface area contributed by atoms with E-state index in [4.69, 9.17) is 11.6 Å². The van der Waals surface area contributed by atoms with E-state index in [1.54, 1.807) is 0 Å². The Morgan fingerprint density at radius 1 is 1.20 bits per heavy atom. The van der Waals surface area contributed by atoms with Crippen molar-refractivity contribution in [3.05, 3.63) is 64.2 Å². The van der Waals surface area contributed by atoms with Gasteiger partial charge in [0.2, 0.25) is 5.91 Å². The highest BCUT2D eigenvalue weighted by molar-refractivity contribution is 7.91. The monoisotopic (exact) mass is 526 g/mol. The lowest BCUT2D eigenvalue weighted by Gasteiger charge is -2.30. The fourth-order valence-corrected chi connectivity index (χ4v) is 5.68. The Bertz CT molecular complexity index is 1290.